The number of ether oxygens (including phenoxy) is 1. The number of urea groups is 1. The predicted molar refractivity (Wildman–Crippen MR) is 137 cm³/mol. The Bertz CT molecular complexity index is 1010. The van der Waals surface area contributed by atoms with Crippen molar-refractivity contribution < 1.29 is 19.4 Å². The molecule has 2 amide bonds. The number of nitrogens with one attached hydrogen (secondary N) is 1. The van der Waals surface area contributed by atoms with Crippen molar-refractivity contribution in [3.8, 4) is 5.75 Å². The van der Waals surface area contributed by atoms with Crippen molar-refractivity contribution in [3.05, 3.63) is 35.0 Å². The second-order valence-electron chi connectivity index (χ2n) is 9.04. The SMILES string of the molecule is CC1CCC(N(CCCC2COc3ccc(Cl)cc32)C(=O)Nc2ncc(SCC(=O)O)s2)CC1. The first-order chi connectivity index (χ1) is 16.4. The molecule has 1 unspecified atom stereocenters. The maximum Gasteiger partial charge on any atom is 0.323 e. The van der Waals surface area contributed by atoms with Crippen LogP contribution in [0.4, 0.5) is 9.93 Å². The number of aromatic nitrogens is 1. The quantitative estimate of drug-likeness (QED) is 0.372. The van der Waals surface area contributed by atoms with Gasteiger partial charge >= 0.3 is 12.0 Å². The first-order valence-electron chi connectivity index (χ1n) is 11.7. The topological polar surface area (TPSA) is 91.8 Å². The van der Waals surface area contributed by atoms with E-state index >= 15 is 0 Å². The number of amides is 2. The number of halogens is 1. The number of nitrogens with zero attached hydrogens (tertiary/aromatic N) is 2. The van der Waals surface area contributed by atoms with Crippen molar-refractivity contribution in [2.24, 2.45) is 5.92 Å². The molecule has 34 heavy (non-hydrogen) atoms. The van der Waals surface area contributed by atoms with E-state index in [1.165, 1.54) is 23.1 Å². The minimum Gasteiger partial charge on any atom is -0.493 e. The molecule has 0 saturated heterocycles. The zero-order valence-electron chi connectivity index (χ0n) is 19.2. The number of carbonyl (C=O) groups is 2. The molecule has 2 aliphatic rings. The molecule has 1 saturated carbocycles. The Balaban J connectivity index is 1.37. The second kappa shape index (κ2) is 11.6. The van der Waals surface area contributed by atoms with Gasteiger partial charge in [-0.05, 0) is 62.6 Å². The number of carboxylic acid groups (broad SMARTS) is 1. The molecule has 1 aromatic heterocycles. The molecule has 1 aliphatic carbocycles. The number of carbonyl (C=O) groups excluding carboxylic acids is 1. The van der Waals surface area contributed by atoms with Crippen LogP contribution in [0.25, 0.3) is 0 Å². The molecule has 2 heterocycles. The van der Waals surface area contributed by atoms with Crippen molar-refractivity contribution in [3.63, 3.8) is 0 Å². The Morgan fingerprint density at radius 1 is 1.32 bits per heavy atom. The molecule has 4 rings (SSSR count). The lowest BCUT2D eigenvalue weighted by Crippen LogP contribution is -2.45. The molecule has 10 heteroatoms. The molecule has 1 aliphatic heterocycles. The molecule has 0 bridgehead atoms. The first kappa shape index (κ1) is 25.1. The highest BCUT2D eigenvalue weighted by Crippen LogP contribution is 2.38. The molecule has 1 fully saturated rings. The van der Waals surface area contributed by atoms with E-state index in [0.29, 0.717) is 24.2 Å². The van der Waals surface area contributed by atoms with Crippen LogP contribution in [0.15, 0.2) is 28.6 Å². The van der Waals surface area contributed by atoms with Crippen LogP contribution >= 0.6 is 34.7 Å². The fraction of sp³-hybridized carbons (Fsp3) is 0.542. The summed E-state index contributed by atoms with van der Waals surface area (Å²) in [5.41, 5.74) is 1.16. The summed E-state index contributed by atoms with van der Waals surface area (Å²) in [5.74, 6) is 0.995. The summed E-state index contributed by atoms with van der Waals surface area (Å²) < 4.78 is 6.59. The smallest absolute Gasteiger partial charge is 0.323 e. The van der Waals surface area contributed by atoms with Crippen LogP contribution in [0.5, 0.6) is 5.75 Å². The van der Waals surface area contributed by atoms with E-state index in [-0.39, 0.29) is 23.7 Å². The minimum atomic E-state index is -0.876. The van der Waals surface area contributed by atoms with Crippen LogP contribution in [0.1, 0.15) is 56.9 Å². The van der Waals surface area contributed by atoms with Gasteiger partial charge in [0.2, 0.25) is 0 Å². The van der Waals surface area contributed by atoms with Gasteiger partial charge in [-0.3, -0.25) is 10.1 Å². The molecule has 2 N–H and O–H groups in total. The number of rotatable bonds is 9. The zero-order valence-corrected chi connectivity index (χ0v) is 21.6. The van der Waals surface area contributed by atoms with Crippen LogP contribution in [-0.4, -0.2) is 51.9 Å². The van der Waals surface area contributed by atoms with E-state index in [4.69, 9.17) is 21.4 Å². The highest BCUT2D eigenvalue weighted by Gasteiger charge is 2.29. The van der Waals surface area contributed by atoms with Crippen molar-refractivity contribution in [2.75, 3.05) is 24.2 Å². The normalized spacial score (nSPS) is 21.5. The third-order valence-corrected chi connectivity index (χ3v) is 8.85. The largest absolute Gasteiger partial charge is 0.493 e. The summed E-state index contributed by atoms with van der Waals surface area (Å²) in [6, 6.07) is 5.86. The van der Waals surface area contributed by atoms with Crippen molar-refractivity contribution in [1.82, 2.24) is 9.88 Å². The fourth-order valence-corrected chi connectivity index (χ4v) is 6.44. The number of hydrogen-bond acceptors (Lipinski definition) is 6. The molecular weight excluding hydrogens is 494 g/mol. The average Bonchev–Trinajstić information content (AvgIpc) is 3.42. The van der Waals surface area contributed by atoms with Gasteiger partial charge in [0.25, 0.3) is 0 Å². The number of fused-ring (bicyclic) bond motifs is 1. The standard InChI is InChI=1S/C24H30ClN3O4S2/c1-15-4-7-18(8-5-15)28(24(31)27-23-26-12-22(34-23)33-14-21(29)30)10-2-3-16-13-32-20-9-6-17(25)11-19(16)20/h6,9,11-12,15-16,18H,2-5,7-8,10,13-14H2,1H3,(H,29,30)(H,26,27,31). The predicted octanol–water partition coefficient (Wildman–Crippen LogP) is 6.34. The summed E-state index contributed by atoms with van der Waals surface area (Å²) in [4.78, 5) is 30.3. The minimum absolute atomic E-state index is 0.0266. The Hall–Kier alpha value is -1.97. The van der Waals surface area contributed by atoms with Crippen molar-refractivity contribution >= 4 is 51.8 Å². The number of benzene rings is 1. The van der Waals surface area contributed by atoms with Crippen LogP contribution in [0.2, 0.25) is 5.02 Å². The van der Waals surface area contributed by atoms with Gasteiger partial charge in [0, 0.05) is 29.1 Å². The second-order valence-corrected chi connectivity index (χ2v) is 11.8. The lowest BCUT2D eigenvalue weighted by Gasteiger charge is -2.36. The highest BCUT2D eigenvalue weighted by molar-refractivity contribution is 8.01. The first-order valence-corrected chi connectivity index (χ1v) is 13.9. The number of carboxylic acids is 1. The van der Waals surface area contributed by atoms with Crippen LogP contribution in [0.3, 0.4) is 0 Å². The Kier molecular flexibility index (Phi) is 8.60. The summed E-state index contributed by atoms with van der Waals surface area (Å²) >= 11 is 8.70. The van der Waals surface area contributed by atoms with E-state index in [2.05, 4.69) is 17.2 Å². The van der Waals surface area contributed by atoms with Gasteiger partial charge in [-0.2, -0.15) is 0 Å². The van der Waals surface area contributed by atoms with E-state index in [0.717, 1.165) is 59.1 Å². The zero-order chi connectivity index (χ0) is 24.1. The number of aliphatic carboxylic acids is 1. The molecular formula is C24H30ClN3O4S2. The fourth-order valence-electron chi connectivity index (χ4n) is 4.68. The number of thiazole rings is 1. The van der Waals surface area contributed by atoms with Crippen LogP contribution in [0, 0.1) is 5.92 Å². The molecule has 1 atom stereocenters. The Morgan fingerprint density at radius 3 is 2.88 bits per heavy atom. The molecule has 184 valence electrons. The van der Waals surface area contributed by atoms with Crippen LogP contribution < -0.4 is 10.1 Å². The van der Waals surface area contributed by atoms with Gasteiger partial charge in [0.1, 0.15) is 5.75 Å². The number of thioether (sulfide) groups is 1. The third kappa shape index (κ3) is 6.58. The van der Waals surface area contributed by atoms with E-state index < -0.39 is 5.97 Å². The number of hydrogen-bond donors (Lipinski definition) is 2. The van der Waals surface area contributed by atoms with Gasteiger partial charge in [0.15, 0.2) is 5.13 Å². The monoisotopic (exact) mass is 523 g/mol. The van der Waals surface area contributed by atoms with Crippen LogP contribution in [-0.2, 0) is 4.79 Å². The molecule has 0 radical (unpaired) electrons. The van der Waals surface area contributed by atoms with Gasteiger partial charge in [-0.1, -0.05) is 29.9 Å². The summed E-state index contributed by atoms with van der Waals surface area (Å²) in [6.07, 6.45) is 7.69. The van der Waals surface area contributed by atoms with Crippen molar-refractivity contribution in [1.29, 1.82) is 0 Å². The van der Waals surface area contributed by atoms with Crippen molar-refractivity contribution in [2.45, 2.75) is 61.6 Å². The lowest BCUT2D eigenvalue weighted by molar-refractivity contribution is -0.133. The lowest BCUT2D eigenvalue weighted by atomic mass is 9.86. The van der Waals surface area contributed by atoms with Gasteiger partial charge in [-0.25, -0.2) is 9.78 Å². The summed E-state index contributed by atoms with van der Waals surface area (Å²) in [7, 11) is 0. The average molecular weight is 524 g/mol. The maximum absolute atomic E-state index is 13.3. The molecule has 1 aromatic carbocycles. The number of anilines is 1. The summed E-state index contributed by atoms with van der Waals surface area (Å²) in [6.45, 7) is 3.59. The van der Waals surface area contributed by atoms with Gasteiger partial charge in [-0.15, -0.1) is 11.8 Å². The van der Waals surface area contributed by atoms with Gasteiger partial charge < -0.3 is 14.7 Å². The molecule has 7 nitrogen and oxygen atoms in total. The Morgan fingerprint density at radius 2 is 2.12 bits per heavy atom. The van der Waals surface area contributed by atoms with E-state index in [9.17, 15) is 9.59 Å². The molecule has 2 aromatic rings. The third-order valence-electron chi connectivity index (χ3n) is 6.53. The van der Waals surface area contributed by atoms with E-state index in [1.54, 1.807) is 6.20 Å². The Labute approximate surface area is 213 Å². The van der Waals surface area contributed by atoms with Gasteiger partial charge in [0.05, 0.1) is 22.8 Å². The maximum atomic E-state index is 13.3. The summed E-state index contributed by atoms with van der Waals surface area (Å²) in [5, 5.41) is 13.0. The highest BCUT2D eigenvalue weighted by atomic mass is 35.5. The van der Waals surface area contributed by atoms with E-state index in [1.807, 2.05) is 23.1 Å². The molecule has 0 spiro atoms.